The van der Waals surface area contributed by atoms with Crippen molar-refractivity contribution in [3.63, 3.8) is 0 Å². The Morgan fingerprint density at radius 2 is 2.39 bits per heavy atom. The number of hydrogen-bond acceptors (Lipinski definition) is 5. The lowest BCUT2D eigenvalue weighted by molar-refractivity contribution is -0.138. The van der Waals surface area contributed by atoms with Crippen molar-refractivity contribution < 1.29 is 14.1 Å². The summed E-state index contributed by atoms with van der Waals surface area (Å²) in [7, 11) is 0. The Labute approximate surface area is 104 Å². The van der Waals surface area contributed by atoms with Crippen LogP contribution in [0.15, 0.2) is 22.8 Å². The summed E-state index contributed by atoms with van der Waals surface area (Å²) in [5.74, 6) is 0.0841. The number of nitrogens with zero attached hydrogens (tertiary/aromatic N) is 3. The number of aromatic nitrogens is 2. The van der Waals surface area contributed by atoms with Crippen LogP contribution < -0.4 is 0 Å². The number of amides is 2. The summed E-state index contributed by atoms with van der Waals surface area (Å²) in [5, 5.41) is 3.60. The van der Waals surface area contributed by atoms with Gasteiger partial charge in [-0.05, 0) is 25.8 Å². The van der Waals surface area contributed by atoms with E-state index in [9.17, 15) is 9.59 Å². The summed E-state index contributed by atoms with van der Waals surface area (Å²) in [4.78, 5) is 28.6. The van der Waals surface area contributed by atoms with Gasteiger partial charge in [0.15, 0.2) is 5.82 Å². The minimum absolute atomic E-state index is 0.249. The smallest absolute Gasteiger partial charge is 0.253 e. The van der Waals surface area contributed by atoms with Gasteiger partial charge in [0.1, 0.15) is 0 Å². The molecule has 0 aliphatic carbocycles. The molecule has 18 heavy (non-hydrogen) atoms. The van der Waals surface area contributed by atoms with Crippen molar-refractivity contribution in [1.29, 1.82) is 0 Å². The van der Waals surface area contributed by atoms with Crippen molar-refractivity contribution in [3.8, 4) is 0 Å². The van der Waals surface area contributed by atoms with Gasteiger partial charge in [0.2, 0.25) is 0 Å². The molecule has 2 rings (SSSR count). The number of allylic oxidation sites excluding steroid dienone is 1. The quantitative estimate of drug-likeness (QED) is 0.731. The monoisotopic (exact) mass is 247 g/mol. The van der Waals surface area contributed by atoms with Crippen LogP contribution in [0.3, 0.4) is 0 Å². The third-order valence-electron chi connectivity index (χ3n) is 2.46. The zero-order chi connectivity index (χ0) is 13.0. The fraction of sp³-hybridized carbons (Fsp3) is 0.333. The van der Waals surface area contributed by atoms with E-state index in [4.69, 9.17) is 4.52 Å². The Bertz CT molecular complexity index is 516. The Morgan fingerprint density at radius 3 is 3.11 bits per heavy atom. The maximum absolute atomic E-state index is 11.8. The summed E-state index contributed by atoms with van der Waals surface area (Å²) >= 11 is 0. The summed E-state index contributed by atoms with van der Waals surface area (Å²) in [6.07, 6.45) is 7.47. The highest BCUT2D eigenvalue weighted by Crippen LogP contribution is 2.06. The number of aryl methyl sites for hydroxylation is 1. The fourth-order valence-electron chi connectivity index (χ4n) is 1.58. The molecule has 0 spiro atoms. The summed E-state index contributed by atoms with van der Waals surface area (Å²) in [6, 6.07) is 0. The number of carbonyl (C=O) groups excluding carboxylic acids is 2. The summed E-state index contributed by atoms with van der Waals surface area (Å²) in [5.41, 5.74) is 0. The van der Waals surface area contributed by atoms with E-state index in [0.717, 1.165) is 12.8 Å². The highest BCUT2D eigenvalue weighted by Gasteiger charge is 2.18. The van der Waals surface area contributed by atoms with E-state index in [1.807, 2.05) is 0 Å². The molecular weight excluding hydrogens is 234 g/mol. The Balaban J connectivity index is 2.05. The molecule has 94 valence electrons. The van der Waals surface area contributed by atoms with Crippen LogP contribution in [-0.2, 0) is 9.59 Å². The average Bonchev–Trinajstić information content (AvgIpc) is 2.64. The minimum atomic E-state index is -0.373. The zero-order valence-electron chi connectivity index (χ0n) is 10.00. The van der Waals surface area contributed by atoms with Gasteiger partial charge in [-0.1, -0.05) is 11.2 Å². The van der Waals surface area contributed by atoms with E-state index in [0.29, 0.717) is 12.4 Å². The minimum Gasteiger partial charge on any atom is -0.335 e. The van der Waals surface area contributed by atoms with Gasteiger partial charge in [-0.2, -0.15) is 4.98 Å². The third kappa shape index (κ3) is 2.91. The van der Waals surface area contributed by atoms with Crippen molar-refractivity contribution in [3.05, 3.63) is 29.9 Å². The molecule has 6 nitrogen and oxygen atoms in total. The van der Waals surface area contributed by atoms with Crippen molar-refractivity contribution >= 4 is 17.9 Å². The molecule has 0 saturated heterocycles. The second-order valence-electron chi connectivity index (χ2n) is 3.89. The SMILES string of the molecule is Cc1noc(C=CC(=O)N2CCCC=CC2=O)n1. The predicted octanol–water partition coefficient (Wildman–Crippen LogP) is 1.10. The van der Waals surface area contributed by atoms with Gasteiger partial charge in [0.05, 0.1) is 0 Å². The first-order valence-corrected chi connectivity index (χ1v) is 5.67. The van der Waals surface area contributed by atoms with E-state index < -0.39 is 0 Å². The van der Waals surface area contributed by atoms with E-state index >= 15 is 0 Å². The highest BCUT2D eigenvalue weighted by molar-refractivity contribution is 6.06. The largest absolute Gasteiger partial charge is 0.335 e. The van der Waals surface area contributed by atoms with Crippen LogP contribution in [0.4, 0.5) is 0 Å². The molecule has 0 fully saturated rings. The molecule has 0 radical (unpaired) electrons. The van der Waals surface area contributed by atoms with Gasteiger partial charge < -0.3 is 4.52 Å². The molecule has 0 bridgehead atoms. The van der Waals surface area contributed by atoms with Gasteiger partial charge in [0, 0.05) is 18.7 Å². The Hall–Kier alpha value is -2.24. The molecule has 0 saturated carbocycles. The summed E-state index contributed by atoms with van der Waals surface area (Å²) in [6.45, 7) is 2.11. The number of imide groups is 1. The third-order valence-corrected chi connectivity index (χ3v) is 2.46. The number of rotatable bonds is 2. The molecule has 6 heteroatoms. The van der Waals surface area contributed by atoms with Gasteiger partial charge >= 0.3 is 0 Å². The molecule has 2 heterocycles. The predicted molar refractivity (Wildman–Crippen MR) is 63.2 cm³/mol. The van der Waals surface area contributed by atoms with Crippen LogP contribution >= 0.6 is 0 Å². The zero-order valence-corrected chi connectivity index (χ0v) is 10.00. The van der Waals surface area contributed by atoms with Crippen LogP contribution in [0, 0.1) is 6.92 Å². The lowest BCUT2D eigenvalue weighted by Gasteiger charge is -2.14. The molecule has 0 aromatic carbocycles. The topological polar surface area (TPSA) is 76.3 Å². The highest BCUT2D eigenvalue weighted by atomic mass is 16.5. The number of hydrogen-bond donors (Lipinski definition) is 0. The van der Waals surface area contributed by atoms with Gasteiger partial charge in [-0.15, -0.1) is 0 Å². The van der Waals surface area contributed by atoms with Crippen molar-refractivity contribution in [2.75, 3.05) is 6.54 Å². The van der Waals surface area contributed by atoms with Crippen LogP contribution in [0.25, 0.3) is 6.08 Å². The van der Waals surface area contributed by atoms with Crippen molar-refractivity contribution in [2.24, 2.45) is 0 Å². The Kier molecular flexibility index (Phi) is 3.66. The van der Waals surface area contributed by atoms with E-state index in [2.05, 4.69) is 10.1 Å². The normalized spacial score (nSPS) is 16.3. The van der Waals surface area contributed by atoms with Crippen LogP contribution in [0.1, 0.15) is 24.6 Å². The van der Waals surface area contributed by atoms with Crippen molar-refractivity contribution in [1.82, 2.24) is 15.0 Å². The summed E-state index contributed by atoms with van der Waals surface area (Å²) < 4.78 is 4.84. The lowest BCUT2D eigenvalue weighted by atomic mass is 10.3. The van der Waals surface area contributed by atoms with Crippen molar-refractivity contribution in [2.45, 2.75) is 19.8 Å². The molecule has 0 unspecified atom stereocenters. The van der Waals surface area contributed by atoms with E-state index in [1.165, 1.54) is 23.1 Å². The van der Waals surface area contributed by atoms with E-state index in [1.54, 1.807) is 13.0 Å². The van der Waals surface area contributed by atoms with Gasteiger partial charge in [-0.3, -0.25) is 14.5 Å². The van der Waals surface area contributed by atoms with Gasteiger partial charge in [0.25, 0.3) is 17.7 Å². The van der Waals surface area contributed by atoms with Crippen LogP contribution in [-0.4, -0.2) is 33.4 Å². The average molecular weight is 247 g/mol. The Morgan fingerprint density at radius 1 is 1.56 bits per heavy atom. The second kappa shape index (κ2) is 5.39. The molecule has 1 aliphatic heterocycles. The molecule has 1 aromatic rings. The van der Waals surface area contributed by atoms with Crippen LogP contribution in [0.5, 0.6) is 0 Å². The number of carbonyl (C=O) groups is 2. The molecule has 0 atom stereocenters. The first-order valence-electron chi connectivity index (χ1n) is 5.67. The molecule has 1 aliphatic rings. The molecule has 2 amide bonds. The van der Waals surface area contributed by atoms with Gasteiger partial charge in [-0.25, -0.2) is 0 Å². The standard InChI is InChI=1S/C12H13N3O3/c1-9-13-10(18-14-9)6-7-12(17)15-8-4-2-3-5-11(15)16/h3,5-7H,2,4,8H2,1H3. The maximum Gasteiger partial charge on any atom is 0.253 e. The second-order valence-corrected chi connectivity index (χ2v) is 3.89. The molecular formula is C12H13N3O3. The fourth-order valence-corrected chi connectivity index (χ4v) is 1.58. The van der Waals surface area contributed by atoms with E-state index in [-0.39, 0.29) is 17.7 Å². The lowest BCUT2D eigenvalue weighted by Crippen LogP contribution is -2.34. The van der Waals surface area contributed by atoms with Crippen LogP contribution in [0.2, 0.25) is 0 Å². The molecule has 0 N–H and O–H groups in total. The molecule has 1 aromatic heterocycles. The first kappa shape index (κ1) is 12.2. The maximum atomic E-state index is 11.8. The first-order chi connectivity index (χ1) is 8.66.